The summed E-state index contributed by atoms with van der Waals surface area (Å²) in [5, 5.41) is 6.96. The summed E-state index contributed by atoms with van der Waals surface area (Å²) in [6.45, 7) is 6.08. The minimum Gasteiger partial charge on any atom is -0.306 e. The Hall–Kier alpha value is -3.06. The highest BCUT2D eigenvalue weighted by Crippen LogP contribution is 2.32. The van der Waals surface area contributed by atoms with E-state index in [9.17, 15) is 9.18 Å². The molecule has 3 aromatic rings. The van der Waals surface area contributed by atoms with Crippen molar-refractivity contribution in [2.75, 3.05) is 0 Å². The van der Waals surface area contributed by atoms with E-state index in [2.05, 4.69) is 26.7 Å². The molecule has 0 radical (unpaired) electrons. The lowest BCUT2D eigenvalue weighted by Gasteiger charge is -2.31. The lowest BCUT2D eigenvalue weighted by Crippen LogP contribution is -2.35. The van der Waals surface area contributed by atoms with Gasteiger partial charge in [0.05, 0.1) is 34.2 Å². The molecule has 0 saturated heterocycles. The largest absolute Gasteiger partial charge is 0.306 e. The number of aromatic amines is 1. The number of aromatic nitrogens is 4. The van der Waals surface area contributed by atoms with E-state index in [1.165, 1.54) is 17.0 Å². The number of nitrogens with zero attached hydrogens (tertiary/aromatic N) is 4. The van der Waals surface area contributed by atoms with Gasteiger partial charge in [0.15, 0.2) is 0 Å². The molecule has 1 N–H and O–H groups in total. The Morgan fingerprint density at radius 1 is 1.33 bits per heavy atom. The fourth-order valence-corrected chi connectivity index (χ4v) is 3.41. The van der Waals surface area contributed by atoms with E-state index in [1.54, 1.807) is 13.1 Å². The zero-order valence-electron chi connectivity index (χ0n) is 14.5. The smallest absolute Gasteiger partial charge is 0.259 e. The number of nitrogens with one attached hydrogen (secondary N) is 1. The van der Waals surface area contributed by atoms with Gasteiger partial charge in [0.25, 0.3) is 5.91 Å². The Labute approximate surface area is 159 Å². The third kappa shape index (κ3) is 3.10. The average molecular weight is 384 g/mol. The molecule has 0 unspecified atom stereocenters. The molecule has 8 heteroatoms. The highest BCUT2D eigenvalue weighted by molar-refractivity contribution is 6.33. The second-order valence-electron chi connectivity index (χ2n) is 6.27. The summed E-state index contributed by atoms with van der Waals surface area (Å²) >= 11 is 6.06. The monoisotopic (exact) mass is 383 g/mol. The van der Waals surface area contributed by atoms with Crippen LogP contribution in [0.1, 0.15) is 27.4 Å². The molecule has 2 aromatic heterocycles. The van der Waals surface area contributed by atoms with E-state index in [0.29, 0.717) is 17.9 Å². The van der Waals surface area contributed by atoms with Crippen LogP contribution in [0, 0.1) is 12.7 Å². The van der Waals surface area contributed by atoms with Crippen LogP contribution in [-0.4, -0.2) is 31.0 Å². The number of rotatable bonds is 2. The molecule has 6 nitrogen and oxygen atoms in total. The number of hydrogen-bond acceptors (Lipinski definition) is 4. The Balaban J connectivity index is 1.73. The Bertz CT molecular complexity index is 1060. The van der Waals surface area contributed by atoms with Crippen molar-refractivity contribution in [2.24, 2.45) is 0 Å². The SMILES string of the molecule is C=C1Cc2c(nc(C)nc2-c2ccn[nH]2)CN1C(=O)c1ccc(F)cc1Cl. The quantitative estimate of drug-likeness (QED) is 0.732. The zero-order valence-corrected chi connectivity index (χ0v) is 15.2. The first-order valence-electron chi connectivity index (χ1n) is 8.25. The van der Waals surface area contributed by atoms with Gasteiger partial charge in [-0.25, -0.2) is 14.4 Å². The van der Waals surface area contributed by atoms with Gasteiger partial charge in [-0.15, -0.1) is 0 Å². The summed E-state index contributed by atoms with van der Waals surface area (Å²) in [6.07, 6.45) is 2.07. The summed E-state index contributed by atoms with van der Waals surface area (Å²) in [5.41, 5.74) is 4.01. The molecule has 0 aliphatic carbocycles. The van der Waals surface area contributed by atoms with Crippen molar-refractivity contribution >= 4 is 17.5 Å². The topological polar surface area (TPSA) is 74.8 Å². The molecule has 0 saturated carbocycles. The van der Waals surface area contributed by atoms with Crippen LogP contribution in [0.3, 0.4) is 0 Å². The van der Waals surface area contributed by atoms with Crippen LogP contribution >= 0.6 is 11.6 Å². The first kappa shape index (κ1) is 17.4. The Kier molecular flexibility index (Phi) is 4.24. The molecule has 1 aliphatic heterocycles. The maximum Gasteiger partial charge on any atom is 0.259 e. The number of carbonyl (C=O) groups is 1. The molecule has 0 bridgehead atoms. The van der Waals surface area contributed by atoms with E-state index in [-0.39, 0.29) is 23.0 Å². The predicted octanol–water partition coefficient (Wildman–Crippen LogP) is 3.68. The van der Waals surface area contributed by atoms with Gasteiger partial charge in [0, 0.05) is 23.9 Å². The number of amides is 1. The van der Waals surface area contributed by atoms with Gasteiger partial charge in [-0.1, -0.05) is 18.2 Å². The number of fused-ring (bicyclic) bond motifs is 1. The van der Waals surface area contributed by atoms with E-state index < -0.39 is 5.82 Å². The van der Waals surface area contributed by atoms with Crippen molar-refractivity contribution < 1.29 is 9.18 Å². The van der Waals surface area contributed by atoms with Crippen LogP contribution in [-0.2, 0) is 13.0 Å². The highest BCUT2D eigenvalue weighted by atomic mass is 35.5. The minimum absolute atomic E-state index is 0.0654. The van der Waals surface area contributed by atoms with Crippen LogP contribution in [0.2, 0.25) is 5.02 Å². The normalized spacial score (nSPS) is 13.6. The van der Waals surface area contributed by atoms with Gasteiger partial charge in [0.1, 0.15) is 11.6 Å². The summed E-state index contributed by atoms with van der Waals surface area (Å²) < 4.78 is 13.3. The van der Waals surface area contributed by atoms with E-state index in [0.717, 1.165) is 28.7 Å². The number of carbonyl (C=O) groups excluding carboxylic acids is 1. The average Bonchev–Trinajstić information content (AvgIpc) is 3.15. The van der Waals surface area contributed by atoms with Crippen LogP contribution in [0.4, 0.5) is 4.39 Å². The second kappa shape index (κ2) is 6.59. The third-order valence-electron chi connectivity index (χ3n) is 4.44. The summed E-state index contributed by atoms with van der Waals surface area (Å²) in [4.78, 5) is 23.5. The number of H-pyrrole nitrogens is 1. The Morgan fingerprint density at radius 2 is 2.15 bits per heavy atom. The summed E-state index contributed by atoms with van der Waals surface area (Å²) in [6, 6.07) is 5.55. The first-order chi connectivity index (χ1) is 12.9. The Morgan fingerprint density at radius 3 is 2.85 bits per heavy atom. The van der Waals surface area contributed by atoms with Crippen molar-refractivity contribution in [3.05, 3.63) is 76.2 Å². The van der Waals surface area contributed by atoms with Gasteiger partial charge in [0.2, 0.25) is 0 Å². The number of hydrogen-bond donors (Lipinski definition) is 1. The molecule has 0 atom stereocenters. The third-order valence-corrected chi connectivity index (χ3v) is 4.75. The molecule has 3 heterocycles. The first-order valence-corrected chi connectivity index (χ1v) is 8.62. The molecule has 1 aromatic carbocycles. The van der Waals surface area contributed by atoms with E-state index in [1.807, 2.05) is 6.07 Å². The molecular formula is C19H15ClFN5O. The molecule has 4 rings (SSSR count). The van der Waals surface area contributed by atoms with Crippen molar-refractivity contribution in [3.63, 3.8) is 0 Å². The van der Waals surface area contributed by atoms with Crippen molar-refractivity contribution in [2.45, 2.75) is 19.9 Å². The van der Waals surface area contributed by atoms with Crippen LogP contribution in [0.5, 0.6) is 0 Å². The van der Waals surface area contributed by atoms with Crippen molar-refractivity contribution in [1.29, 1.82) is 0 Å². The van der Waals surface area contributed by atoms with Gasteiger partial charge in [-0.3, -0.25) is 9.89 Å². The number of halogens is 2. The second-order valence-corrected chi connectivity index (χ2v) is 6.68. The van der Waals surface area contributed by atoms with Crippen LogP contribution < -0.4 is 0 Å². The molecule has 0 spiro atoms. The van der Waals surface area contributed by atoms with Gasteiger partial charge >= 0.3 is 0 Å². The molecule has 1 aliphatic rings. The summed E-state index contributed by atoms with van der Waals surface area (Å²) in [5.74, 6) is -0.236. The number of allylic oxidation sites excluding steroid dienone is 1. The summed E-state index contributed by atoms with van der Waals surface area (Å²) in [7, 11) is 0. The molecule has 27 heavy (non-hydrogen) atoms. The number of benzene rings is 1. The lowest BCUT2D eigenvalue weighted by atomic mass is 9.98. The van der Waals surface area contributed by atoms with Gasteiger partial charge in [-0.05, 0) is 31.2 Å². The van der Waals surface area contributed by atoms with Crippen molar-refractivity contribution in [3.8, 4) is 11.4 Å². The molecule has 0 fully saturated rings. The highest BCUT2D eigenvalue weighted by Gasteiger charge is 2.30. The molecule has 1 amide bonds. The fraction of sp³-hybridized carbons (Fsp3) is 0.158. The molecule has 136 valence electrons. The minimum atomic E-state index is -0.494. The van der Waals surface area contributed by atoms with Gasteiger partial charge in [-0.2, -0.15) is 5.10 Å². The lowest BCUT2D eigenvalue weighted by molar-refractivity contribution is 0.0785. The number of aryl methyl sites for hydroxylation is 1. The molecular weight excluding hydrogens is 369 g/mol. The van der Waals surface area contributed by atoms with Crippen LogP contribution in [0.25, 0.3) is 11.4 Å². The van der Waals surface area contributed by atoms with Gasteiger partial charge < -0.3 is 4.90 Å². The van der Waals surface area contributed by atoms with E-state index >= 15 is 0 Å². The fourth-order valence-electron chi connectivity index (χ4n) is 3.17. The van der Waals surface area contributed by atoms with Crippen LogP contribution in [0.15, 0.2) is 42.7 Å². The standard InChI is InChI=1S/C19H15ClFN5O/c1-10-7-14-17(23-11(2)24-18(14)16-5-6-22-25-16)9-26(10)19(27)13-4-3-12(21)8-15(13)20/h3-6,8H,1,7,9H2,2H3,(H,22,25). The predicted molar refractivity (Wildman–Crippen MR) is 98.5 cm³/mol. The zero-order chi connectivity index (χ0) is 19.1. The maximum atomic E-state index is 13.3. The maximum absolute atomic E-state index is 13.3. The van der Waals surface area contributed by atoms with Crippen molar-refractivity contribution in [1.82, 2.24) is 25.1 Å². The van der Waals surface area contributed by atoms with E-state index in [4.69, 9.17) is 11.6 Å².